The summed E-state index contributed by atoms with van der Waals surface area (Å²) in [5.41, 5.74) is 2.35. The van der Waals surface area contributed by atoms with Crippen LogP contribution in [-0.2, 0) is 13.2 Å². The van der Waals surface area contributed by atoms with Crippen LogP contribution in [0.15, 0.2) is 54.6 Å². The summed E-state index contributed by atoms with van der Waals surface area (Å²) >= 11 is 0. The first-order valence-corrected chi connectivity index (χ1v) is 6.72. The highest BCUT2D eigenvalue weighted by atomic mass is 16.5. The summed E-state index contributed by atoms with van der Waals surface area (Å²) in [7, 11) is 0. The Morgan fingerprint density at radius 2 is 1.70 bits per heavy atom. The first-order valence-electron chi connectivity index (χ1n) is 6.72. The molecule has 0 spiro atoms. The molecule has 0 saturated carbocycles. The number of hydrogen-bond acceptors (Lipinski definition) is 3. The standard InChI is InChI=1S/C17H18N2O/c18-11-4-12-19-13-15-7-9-17(10-8-15)20-14-16-5-2-1-3-6-16/h1-3,5-10,19H,4,12-14H2. The van der Waals surface area contributed by atoms with Crippen LogP contribution in [0.25, 0.3) is 0 Å². The van der Waals surface area contributed by atoms with Gasteiger partial charge < -0.3 is 10.1 Å². The second-order valence-corrected chi connectivity index (χ2v) is 4.50. The average molecular weight is 266 g/mol. The lowest BCUT2D eigenvalue weighted by molar-refractivity contribution is 0.306. The maximum absolute atomic E-state index is 8.45. The molecule has 0 fully saturated rings. The van der Waals surface area contributed by atoms with Crippen molar-refractivity contribution in [2.24, 2.45) is 0 Å². The van der Waals surface area contributed by atoms with Crippen LogP contribution in [0, 0.1) is 11.3 Å². The van der Waals surface area contributed by atoms with Crippen molar-refractivity contribution in [2.75, 3.05) is 6.54 Å². The van der Waals surface area contributed by atoms with Crippen molar-refractivity contribution in [3.05, 3.63) is 65.7 Å². The molecule has 1 N–H and O–H groups in total. The third-order valence-corrected chi connectivity index (χ3v) is 2.91. The quantitative estimate of drug-likeness (QED) is 0.782. The molecular formula is C17H18N2O. The van der Waals surface area contributed by atoms with Gasteiger partial charge in [0.25, 0.3) is 0 Å². The minimum atomic E-state index is 0.540. The van der Waals surface area contributed by atoms with Gasteiger partial charge in [-0.15, -0.1) is 0 Å². The molecule has 0 aliphatic rings. The molecule has 2 aromatic rings. The van der Waals surface area contributed by atoms with Gasteiger partial charge in [-0.05, 0) is 23.3 Å². The minimum absolute atomic E-state index is 0.540. The van der Waals surface area contributed by atoms with E-state index >= 15 is 0 Å². The molecule has 0 atom stereocenters. The zero-order valence-electron chi connectivity index (χ0n) is 11.4. The topological polar surface area (TPSA) is 45.0 Å². The molecule has 2 aromatic carbocycles. The highest BCUT2D eigenvalue weighted by molar-refractivity contribution is 5.27. The van der Waals surface area contributed by atoms with Gasteiger partial charge in [0.1, 0.15) is 12.4 Å². The summed E-state index contributed by atoms with van der Waals surface area (Å²) < 4.78 is 5.73. The largest absolute Gasteiger partial charge is 0.489 e. The van der Waals surface area contributed by atoms with Gasteiger partial charge in [0, 0.05) is 19.5 Å². The van der Waals surface area contributed by atoms with Gasteiger partial charge in [-0.1, -0.05) is 42.5 Å². The molecule has 102 valence electrons. The number of ether oxygens (including phenoxy) is 1. The van der Waals surface area contributed by atoms with E-state index < -0.39 is 0 Å². The number of nitrogens with zero attached hydrogens (tertiary/aromatic N) is 1. The third kappa shape index (κ3) is 4.75. The Balaban J connectivity index is 1.78. The van der Waals surface area contributed by atoms with Gasteiger partial charge in [-0.2, -0.15) is 5.26 Å². The molecule has 2 rings (SSSR count). The van der Waals surface area contributed by atoms with Gasteiger partial charge in [-0.3, -0.25) is 0 Å². The van der Waals surface area contributed by atoms with Crippen LogP contribution in [0.2, 0.25) is 0 Å². The van der Waals surface area contributed by atoms with Crippen LogP contribution in [-0.4, -0.2) is 6.54 Å². The molecule has 3 nitrogen and oxygen atoms in total. The third-order valence-electron chi connectivity index (χ3n) is 2.91. The number of nitriles is 1. The fourth-order valence-corrected chi connectivity index (χ4v) is 1.82. The lowest BCUT2D eigenvalue weighted by atomic mass is 10.2. The van der Waals surface area contributed by atoms with E-state index in [-0.39, 0.29) is 0 Å². The number of benzene rings is 2. The van der Waals surface area contributed by atoms with Crippen molar-refractivity contribution in [2.45, 2.75) is 19.6 Å². The molecule has 0 heterocycles. The van der Waals surface area contributed by atoms with Gasteiger partial charge in [-0.25, -0.2) is 0 Å². The predicted molar refractivity (Wildman–Crippen MR) is 79.2 cm³/mol. The summed E-state index contributed by atoms with van der Waals surface area (Å²) in [5, 5.41) is 11.7. The maximum atomic E-state index is 8.45. The van der Waals surface area contributed by atoms with Crippen LogP contribution >= 0.6 is 0 Å². The minimum Gasteiger partial charge on any atom is -0.489 e. The van der Waals surface area contributed by atoms with E-state index in [4.69, 9.17) is 10.00 Å². The molecule has 20 heavy (non-hydrogen) atoms. The summed E-state index contributed by atoms with van der Waals surface area (Å²) in [6.07, 6.45) is 0.540. The summed E-state index contributed by atoms with van der Waals surface area (Å²) in [4.78, 5) is 0. The van der Waals surface area contributed by atoms with Crippen LogP contribution < -0.4 is 10.1 Å². The monoisotopic (exact) mass is 266 g/mol. The zero-order chi connectivity index (χ0) is 14.0. The molecule has 0 bridgehead atoms. The average Bonchev–Trinajstić information content (AvgIpc) is 2.52. The first-order chi connectivity index (χ1) is 9.88. The highest BCUT2D eigenvalue weighted by Crippen LogP contribution is 2.14. The van der Waals surface area contributed by atoms with Crippen LogP contribution in [0.4, 0.5) is 0 Å². The molecule has 0 aliphatic carbocycles. The van der Waals surface area contributed by atoms with Gasteiger partial charge >= 0.3 is 0 Å². The Hall–Kier alpha value is -2.31. The van der Waals surface area contributed by atoms with E-state index in [1.165, 1.54) is 5.56 Å². The van der Waals surface area contributed by atoms with Crippen molar-refractivity contribution < 1.29 is 4.74 Å². The Labute approximate surface area is 119 Å². The lowest BCUT2D eigenvalue weighted by Gasteiger charge is -2.07. The molecule has 0 radical (unpaired) electrons. The van der Waals surface area contributed by atoms with E-state index in [0.29, 0.717) is 13.0 Å². The fraction of sp³-hybridized carbons (Fsp3) is 0.235. The molecule has 0 saturated heterocycles. The van der Waals surface area contributed by atoms with Crippen molar-refractivity contribution in [1.82, 2.24) is 5.32 Å². The molecule has 0 unspecified atom stereocenters. The van der Waals surface area contributed by atoms with E-state index in [1.54, 1.807) is 0 Å². The summed E-state index contributed by atoms with van der Waals surface area (Å²) in [5.74, 6) is 0.870. The summed E-state index contributed by atoms with van der Waals surface area (Å²) in [6, 6.07) is 20.3. The fourth-order valence-electron chi connectivity index (χ4n) is 1.82. The maximum Gasteiger partial charge on any atom is 0.119 e. The van der Waals surface area contributed by atoms with Crippen LogP contribution in [0.3, 0.4) is 0 Å². The van der Waals surface area contributed by atoms with E-state index in [0.717, 1.165) is 24.4 Å². The van der Waals surface area contributed by atoms with Crippen molar-refractivity contribution in [3.8, 4) is 11.8 Å². The Kier molecular flexibility index (Phi) is 5.63. The van der Waals surface area contributed by atoms with Crippen molar-refractivity contribution in [1.29, 1.82) is 5.26 Å². The van der Waals surface area contributed by atoms with E-state index in [9.17, 15) is 0 Å². The molecule has 0 amide bonds. The summed E-state index contributed by atoms with van der Waals surface area (Å²) in [6.45, 7) is 2.09. The Bertz CT molecular complexity index is 543. The number of hydrogen-bond donors (Lipinski definition) is 1. The second kappa shape index (κ2) is 7.98. The molecule has 0 aromatic heterocycles. The van der Waals surface area contributed by atoms with Gasteiger partial charge in [0.05, 0.1) is 6.07 Å². The molecular weight excluding hydrogens is 248 g/mol. The van der Waals surface area contributed by atoms with Crippen molar-refractivity contribution in [3.63, 3.8) is 0 Å². The normalized spacial score (nSPS) is 9.95. The molecule has 3 heteroatoms. The van der Waals surface area contributed by atoms with Crippen molar-refractivity contribution >= 4 is 0 Å². The SMILES string of the molecule is N#CCCNCc1ccc(OCc2ccccc2)cc1. The Morgan fingerprint density at radius 3 is 2.40 bits per heavy atom. The van der Waals surface area contributed by atoms with Gasteiger partial charge in [0.15, 0.2) is 0 Å². The number of nitrogens with one attached hydrogen (secondary N) is 1. The second-order valence-electron chi connectivity index (χ2n) is 4.50. The highest BCUT2D eigenvalue weighted by Gasteiger charge is 1.97. The van der Waals surface area contributed by atoms with Crippen LogP contribution in [0.5, 0.6) is 5.75 Å². The van der Waals surface area contributed by atoms with Gasteiger partial charge in [0.2, 0.25) is 0 Å². The predicted octanol–water partition coefficient (Wildman–Crippen LogP) is 3.27. The smallest absolute Gasteiger partial charge is 0.119 e. The van der Waals surface area contributed by atoms with E-state index in [1.807, 2.05) is 54.6 Å². The zero-order valence-corrected chi connectivity index (χ0v) is 11.4. The lowest BCUT2D eigenvalue weighted by Crippen LogP contribution is -2.13. The van der Waals surface area contributed by atoms with E-state index in [2.05, 4.69) is 11.4 Å². The van der Waals surface area contributed by atoms with Crippen LogP contribution in [0.1, 0.15) is 17.5 Å². The molecule has 0 aliphatic heterocycles. The first kappa shape index (κ1) is 14.1. The Morgan fingerprint density at radius 1 is 0.950 bits per heavy atom. The number of rotatable bonds is 7.